The molecule has 3 heteroatoms. The van der Waals surface area contributed by atoms with Gasteiger partial charge in [0.1, 0.15) is 5.75 Å². The van der Waals surface area contributed by atoms with E-state index in [-0.39, 0.29) is 6.10 Å². The largest absolute Gasteiger partial charge is 0.489 e. The Kier molecular flexibility index (Phi) is 5.20. The van der Waals surface area contributed by atoms with Gasteiger partial charge in [0.05, 0.1) is 11.1 Å². The van der Waals surface area contributed by atoms with Gasteiger partial charge in [-0.2, -0.15) is 0 Å². The fourth-order valence-corrected chi connectivity index (χ4v) is 3.11. The molecule has 1 saturated carbocycles. The smallest absolute Gasteiger partial charge is 0.138 e. The average Bonchev–Trinajstić information content (AvgIpc) is 2.37. The van der Waals surface area contributed by atoms with Gasteiger partial charge in [-0.25, -0.2) is 0 Å². The lowest BCUT2D eigenvalue weighted by Crippen LogP contribution is -2.33. The van der Waals surface area contributed by atoms with E-state index in [1.54, 1.807) is 0 Å². The summed E-state index contributed by atoms with van der Waals surface area (Å²) in [4.78, 5) is 0. The molecule has 1 N–H and O–H groups in total. The fraction of sp³-hybridized carbons (Fsp3) is 0.647. The van der Waals surface area contributed by atoms with Crippen molar-refractivity contribution in [2.24, 2.45) is 11.8 Å². The zero-order chi connectivity index (χ0) is 14.7. The first-order valence-corrected chi connectivity index (χ1v) is 8.06. The van der Waals surface area contributed by atoms with Crippen LogP contribution in [0.2, 0.25) is 5.02 Å². The zero-order valence-electron chi connectivity index (χ0n) is 12.9. The van der Waals surface area contributed by atoms with E-state index in [0.29, 0.717) is 11.1 Å². The number of benzene rings is 1. The van der Waals surface area contributed by atoms with Crippen molar-refractivity contribution in [2.75, 3.05) is 5.32 Å². The summed E-state index contributed by atoms with van der Waals surface area (Å²) in [6.07, 6.45) is 4.04. The van der Waals surface area contributed by atoms with Gasteiger partial charge in [0.15, 0.2) is 0 Å². The number of halogens is 1. The van der Waals surface area contributed by atoms with Crippen LogP contribution in [0.15, 0.2) is 18.2 Å². The maximum Gasteiger partial charge on any atom is 0.138 e. The third kappa shape index (κ3) is 4.05. The Morgan fingerprint density at radius 1 is 1.25 bits per heavy atom. The van der Waals surface area contributed by atoms with Gasteiger partial charge in [0.25, 0.3) is 0 Å². The van der Waals surface area contributed by atoms with Crippen molar-refractivity contribution >= 4 is 17.3 Å². The Balaban J connectivity index is 2.04. The van der Waals surface area contributed by atoms with E-state index in [1.807, 2.05) is 26.0 Å². The summed E-state index contributed by atoms with van der Waals surface area (Å²) >= 11 is 6.29. The molecule has 0 saturated heterocycles. The molecule has 0 aromatic heterocycles. The Hall–Kier alpha value is -0.890. The quantitative estimate of drug-likeness (QED) is 0.807. The van der Waals surface area contributed by atoms with Gasteiger partial charge in [0, 0.05) is 11.7 Å². The average molecular weight is 296 g/mol. The minimum atomic E-state index is 0.144. The number of ether oxygens (including phenoxy) is 1. The second kappa shape index (κ2) is 6.71. The van der Waals surface area contributed by atoms with E-state index in [1.165, 1.54) is 19.3 Å². The Labute approximate surface area is 127 Å². The van der Waals surface area contributed by atoms with Crippen LogP contribution >= 0.6 is 11.6 Å². The highest BCUT2D eigenvalue weighted by atomic mass is 35.5. The van der Waals surface area contributed by atoms with Crippen LogP contribution in [-0.4, -0.2) is 12.1 Å². The molecule has 20 heavy (non-hydrogen) atoms. The van der Waals surface area contributed by atoms with Gasteiger partial charge in [-0.05, 0) is 56.7 Å². The summed E-state index contributed by atoms with van der Waals surface area (Å²) in [7, 11) is 0. The second-order valence-corrected chi connectivity index (χ2v) is 6.87. The lowest BCUT2D eigenvalue weighted by molar-refractivity contribution is 0.242. The molecule has 1 aliphatic carbocycles. The molecule has 2 rings (SSSR count). The van der Waals surface area contributed by atoms with Crippen molar-refractivity contribution in [1.29, 1.82) is 0 Å². The van der Waals surface area contributed by atoms with E-state index >= 15 is 0 Å². The van der Waals surface area contributed by atoms with Crippen LogP contribution in [0.25, 0.3) is 0 Å². The molecule has 1 aromatic carbocycles. The van der Waals surface area contributed by atoms with Crippen LogP contribution in [0.5, 0.6) is 5.75 Å². The monoisotopic (exact) mass is 295 g/mol. The molecule has 0 spiro atoms. The van der Waals surface area contributed by atoms with Crippen LogP contribution in [0.4, 0.5) is 5.69 Å². The molecule has 0 bridgehead atoms. The fourth-order valence-electron chi connectivity index (χ4n) is 2.89. The summed E-state index contributed by atoms with van der Waals surface area (Å²) in [5.41, 5.74) is 1.09. The van der Waals surface area contributed by atoms with Crippen LogP contribution in [0.1, 0.15) is 47.0 Å². The molecule has 1 fully saturated rings. The molecule has 112 valence electrons. The SMILES string of the molecule is CC1CCC(C)C(Nc2ccc(OC(C)C)c(Cl)c2)C1. The van der Waals surface area contributed by atoms with Gasteiger partial charge in [-0.3, -0.25) is 0 Å². The van der Waals surface area contributed by atoms with Gasteiger partial charge in [0.2, 0.25) is 0 Å². The normalized spacial score (nSPS) is 26.6. The van der Waals surface area contributed by atoms with Gasteiger partial charge >= 0.3 is 0 Å². The molecule has 0 amide bonds. The van der Waals surface area contributed by atoms with E-state index in [0.717, 1.165) is 23.3 Å². The molecular formula is C17H26ClNO. The van der Waals surface area contributed by atoms with Gasteiger partial charge in [-0.1, -0.05) is 31.9 Å². The topological polar surface area (TPSA) is 21.3 Å². The predicted octanol–water partition coefficient (Wildman–Crippen LogP) is 5.36. The maximum atomic E-state index is 6.29. The van der Waals surface area contributed by atoms with Crippen LogP contribution in [0, 0.1) is 11.8 Å². The number of rotatable bonds is 4. The first-order chi connectivity index (χ1) is 9.45. The molecular weight excluding hydrogens is 270 g/mol. The van der Waals surface area contributed by atoms with Crippen LogP contribution in [0.3, 0.4) is 0 Å². The molecule has 0 aliphatic heterocycles. The third-order valence-corrected chi connectivity index (χ3v) is 4.40. The summed E-state index contributed by atoms with van der Waals surface area (Å²) < 4.78 is 5.67. The summed E-state index contributed by atoms with van der Waals surface area (Å²) in [5.74, 6) is 2.29. The number of nitrogens with one attached hydrogen (secondary N) is 1. The standard InChI is InChI=1S/C17H26ClNO/c1-11(2)20-17-8-7-14(10-15(17)18)19-16-9-12(3)5-6-13(16)4/h7-8,10-13,16,19H,5-6,9H2,1-4H3. The van der Waals surface area contributed by atoms with E-state index in [4.69, 9.17) is 16.3 Å². The number of hydrogen-bond donors (Lipinski definition) is 1. The number of anilines is 1. The minimum absolute atomic E-state index is 0.144. The molecule has 0 radical (unpaired) electrons. The predicted molar refractivity (Wildman–Crippen MR) is 86.8 cm³/mol. The summed E-state index contributed by atoms with van der Waals surface area (Å²) in [5, 5.41) is 4.32. The molecule has 3 unspecified atom stereocenters. The molecule has 1 aromatic rings. The second-order valence-electron chi connectivity index (χ2n) is 6.46. The maximum absolute atomic E-state index is 6.29. The first-order valence-electron chi connectivity index (χ1n) is 7.68. The summed E-state index contributed by atoms with van der Waals surface area (Å²) in [6, 6.07) is 6.55. The highest BCUT2D eigenvalue weighted by molar-refractivity contribution is 6.32. The van der Waals surface area contributed by atoms with E-state index in [2.05, 4.69) is 25.2 Å². The van der Waals surface area contributed by atoms with Crippen LogP contribution in [-0.2, 0) is 0 Å². The van der Waals surface area contributed by atoms with E-state index in [9.17, 15) is 0 Å². The van der Waals surface area contributed by atoms with Crippen molar-refractivity contribution in [3.8, 4) is 5.75 Å². The first kappa shape index (κ1) is 15.5. The zero-order valence-corrected chi connectivity index (χ0v) is 13.7. The highest BCUT2D eigenvalue weighted by Gasteiger charge is 2.25. The third-order valence-electron chi connectivity index (χ3n) is 4.10. The van der Waals surface area contributed by atoms with Crippen molar-refractivity contribution in [2.45, 2.75) is 59.1 Å². The highest BCUT2D eigenvalue weighted by Crippen LogP contribution is 2.33. The van der Waals surface area contributed by atoms with Crippen LogP contribution < -0.4 is 10.1 Å². The van der Waals surface area contributed by atoms with Crippen molar-refractivity contribution in [3.63, 3.8) is 0 Å². The lowest BCUT2D eigenvalue weighted by Gasteiger charge is -2.34. The molecule has 1 aliphatic rings. The lowest BCUT2D eigenvalue weighted by atomic mass is 9.80. The molecule has 3 atom stereocenters. The van der Waals surface area contributed by atoms with Gasteiger partial charge in [-0.15, -0.1) is 0 Å². The summed E-state index contributed by atoms with van der Waals surface area (Å²) in [6.45, 7) is 8.69. The van der Waals surface area contributed by atoms with E-state index < -0.39 is 0 Å². The van der Waals surface area contributed by atoms with Crippen molar-refractivity contribution in [3.05, 3.63) is 23.2 Å². The molecule has 2 nitrogen and oxygen atoms in total. The van der Waals surface area contributed by atoms with Crippen molar-refractivity contribution in [1.82, 2.24) is 0 Å². The van der Waals surface area contributed by atoms with Gasteiger partial charge < -0.3 is 10.1 Å². The number of hydrogen-bond acceptors (Lipinski definition) is 2. The Bertz CT molecular complexity index is 447. The van der Waals surface area contributed by atoms with Crippen molar-refractivity contribution < 1.29 is 4.74 Å². The Morgan fingerprint density at radius 2 is 2.00 bits per heavy atom. The minimum Gasteiger partial charge on any atom is -0.489 e. The Morgan fingerprint density at radius 3 is 2.65 bits per heavy atom. The molecule has 0 heterocycles.